The van der Waals surface area contributed by atoms with E-state index in [4.69, 9.17) is 4.74 Å². The lowest BCUT2D eigenvalue weighted by Gasteiger charge is -2.04. The van der Waals surface area contributed by atoms with Crippen molar-refractivity contribution in [3.8, 4) is 5.75 Å². The lowest BCUT2D eigenvalue weighted by atomic mass is 10.1. The highest BCUT2D eigenvalue weighted by atomic mass is 16.5. The Bertz CT molecular complexity index is 788. The Morgan fingerprint density at radius 1 is 1.24 bits per heavy atom. The van der Waals surface area contributed by atoms with Gasteiger partial charge in [-0.3, -0.25) is 4.79 Å². The van der Waals surface area contributed by atoms with E-state index in [2.05, 4.69) is 4.98 Å². The topological polar surface area (TPSA) is 43.6 Å². The molecule has 0 radical (unpaired) electrons. The van der Waals surface area contributed by atoms with Crippen molar-refractivity contribution in [1.29, 1.82) is 0 Å². The number of ether oxygens (including phenoxy) is 1. The van der Waals surface area contributed by atoms with Gasteiger partial charge in [-0.15, -0.1) is 0 Å². The minimum Gasteiger partial charge on any atom is -0.487 e. The molecule has 0 aliphatic carbocycles. The van der Waals surface area contributed by atoms with Gasteiger partial charge in [0, 0.05) is 18.0 Å². The average molecular weight is 280 g/mol. The minimum atomic E-state index is 0.0531. The van der Waals surface area contributed by atoms with Crippen LogP contribution in [0.1, 0.15) is 28.5 Å². The summed E-state index contributed by atoms with van der Waals surface area (Å²) in [6.45, 7) is 3.99. The number of imidazole rings is 1. The fraction of sp³-hybridized carbons (Fsp3) is 0.176. The standard InChI is InChI=1S/C17H16N2O2/c1-12-4-3-9-19-10-15(18-17(12)19)11-21-16-7-5-14(6-8-16)13(2)20/h3-10H,11H2,1-2H3. The van der Waals surface area contributed by atoms with Gasteiger partial charge in [-0.2, -0.15) is 0 Å². The van der Waals surface area contributed by atoms with Crippen molar-refractivity contribution in [3.05, 3.63) is 65.6 Å². The van der Waals surface area contributed by atoms with Crippen LogP contribution < -0.4 is 4.74 Å². The highest BCUT2D eigenvalue weighted by Crippen LogP contribution is 2.15. The van der Waals surface area contributed by atoms with Crippen molar-refractivity contribution in [2.24, 2.45) is 0 Å². The van der Waals surface area contributed by atoms with Gasteiger partial charge in [0.15, 0.2) is 5.78 Å². The molecule has 106 valence electrons. The molecule has 2 heterocycles. The first-order chi connectivity index (χ1) is 10.1. The van der Waals surface area contributed by atoms with Gasteiger partial charge in [-0.1, -0.05) is 6.07 Å². The summed E-state index contributed by atoms with van der Waals surface area (Å²) in [5, 5.41) is 0. The van der Waals surface area contributed by atoms with E-state index >= 15 is 0 Å². The second kappa shape index (κ2) is 5.40. The molecule has 0 saturated heterocycles. The third-order valence-corrected chi connectivity index (χ3v) is 3.38. The molecule has 4 nitrogen and oxygen atoms in total. The van der Waals surface area contributed by atoms with E-state index < -0.39 is 0 Å². The van der Waals surface area contributed by atoms with Crippen LogP contribution in [0.4, 0.5) is 0 Å². The van der Waals surface area contributed by atoms with Gasteiger partial charge in [0.1, 0.15) is 18.0 Å². The zero-order valence-electron chi connectivity index (χ0n) is 12.0. The molecule has 0 fully saturated rings. The number of carbonyl (C=O) groups excluding carboxylic acids is 1. The molecular weight excluding hydrogens is 264 g/mol. The predicted octanol–water partition coefficient (Wildman–Crippen LogP) is 3.42. The molecule has 0 N–H and O–H groups in total. The van der Waals surface area contributed by atoms with Crippen molar-refractivity contribution in [2.75, 3.05) is 0 Å². The van der Waals surface area contributed by atoms with Crippen molar-refractivity contribution >= 4 is 11.4 Å². The number of fused-ring (bicyclic) bond motifs is 1. The van der Waals surface area contributed by atoms with E-state index in [-0.39, 0.29) is 5.78 Å². The molecule has 1 aromatic carbocycles. The van der Waals surface area contributed by atoms with Crippen LogP contribution in [-0.2, 0) is 6.61 Å². The Balaban J connectivity index is 1.74. The number of hydrogen-bond donors (Lipinski definition) is 0. The summed E-state index contributed by atoms with van der Waals surface area (Å²) in [6.07, 6.45) is 3.94. The highest BCUT2D eigenvalue weighted by molar-refractivity contribution is 5.94. The fourth-order valence-electron chi connectivity index (χ4n) is 2.22. The van der Waals surface area contributed by atoms with E-state index in [1.807, 2.05) is 35.9 Å². The molecule has 0 aliphatic heterocycles. The van der Waals surface area contributed by atoms with Gasteiger partial charge in [0.05, 0.1) is 5.69 Å². The van der Waals surface area contributed by atoms with Gasteiger partial charge in [-0.25, -0.2) is 4.98 Å². The summed E-state index contributed by atoms with van der Waals surface area (Å²) in [4.78, 5) is 15.8. The van der Waals surface area contributed by atoms with Gasteiger partial charge >= 0.3 is 0 Å². The first-order valence-electron chi connectivity index (χ1n) is 6.80. The molecule has 0 aliphatic rings. The normalized spacial score (nSPS) is 10.8. The van der Waals surface area contributed by atoms with Crippen molar-refractivity contribution in [2.45, 2.75) is 20.5 Å². The third kappa shape index (κ3) is 2.79. The van der Waals surface area contributed by atoms with Crippen LogP contribution in [0.3, 0.4) is 0 Å². The Kier molecular flexibility index (Phi) is 3.44. The molecule has 3 aromatic rings. The lowest BCUT2D eigenvalue weighted by Crippen LogP contribution is -1.97. The molecule has 3 rings (SSSR count). The van der Waals surface area contributed by atoms with Crippen molar-refractivity contribution < 1.29 is 9.53 Å². The van der Waals surface area contributed by atoms with Gasteiger partial charge in [-0.05, 0) is 49.7 Å². The van der Waals surface area contributed by atoms with Crippen LogP contribution in [0.5, 0.6) is 5.75 Å². The second-order valence-electron chi connectivity index (χ2n) is 5.02. The van der Waals surface area contributed by atoms with Crippen LogP contribution >= 0.6 is 0 Å². The number of aryl methyl sites for hydroxylation is 1. The average Bonchev–Trinajstić information content (AvgIpc) is 2.90. The second-order valence-corrected chi connectivity index (χ2v) is 5.02. The summed E-state index contributed by atoms with van der Waals surface area (Å²) in [5.41, 5.74) is 3.64. The molecule has 0 unspecified atom stereocenters. The number of rotatable bonds is 4. The molecule has 0 amide bonds. The monoisotopic (exact) mass is 280 g/mol. The molecular formula is C17H16N2O2. The number of hydrogen-bond acceptors (Lipinski definition) is 3. The van der Waals surface area contributed by atoms with Crippen LogP contribution in [0.15, 0.2) is 48.8 Å². The van der Waals surface area contributed by atoms with E-state index in [0.29, 0.717) is 12.2 Å². The van der Waals surface area contributed by atoms with E-state index in [1.54, 1.807) is 31.2 Å². The first-order valence-corrected chi connectivity index (χ1v) is 6.80. The molecule has 4 heteroatoms. The summed E-state index contributed by atoms with van der Waals surface area (Å²) < 4.78 is 7.70. The maximum Gasteiger partial charge on any atom is 0.159 e. The van der Waals surface area contributed by atoms with Crippen molar-refractivity contribution in [1.82, 2.24) is 9.38 Å². The number of nitrogens with zero attached hydrogens (tertiary/aromatic N) is 2. The first kappa shape index (κ1) is 13.4. The number of aromatic nitrogens is 2. The Morgan fingerprint density at radius 3 is 2.67 bits per heavy atom. The van der Waals surface area contributed by atoms with Gasteiger partial charge < -0.3 is 9.14 Å². The molecule has 2 aromatic heterocycles. The van der Waals surface area contributed by atoms with E-state index in [0.717, 1.165) is 22.7 Å². The Morgan fingerprint density at radius 2 is 2.00 bits per heavy atom. The number of pyridine rings is 1. The molecule has 0 bridgehead atoms. The van der Waals surface area contributed by atoms with Gasteiger partial charge in [0.25, 0.3) is 0 Å². The molecule has 21 heavy (non-hydrogen) atoms. The number of benzene rings is 1. The Labute approximate surface area is 123 Å². The number of carbonyl (C=O) groups is 1. The molecule has 0 atom stereocenters. The smallest absolute Gasteiger partial charge is 0.159 e. The zero-order chi connectivity index (χ0) is 14.8. The third-order valence-electron chi connectivity index (χ3n) is 3.38. The quantitative estimate of drug-likeness (QED) is 0.688. The maximum atomic E-state index is 11.2. The zero-order valence-corrected chi connectivity index (χ0v) is 12.0. The van der Waals surface area contributed by atoms with Crippen molar-refractivity contribution in [3.63, 3.8) is 0 Å². The summed E-state index contributed by atoms with van der Waals surface area (Å²) >= 11 is 0. The maximum absolute atomic E-state index is 11.2. The SMILES string of the molecule is CC(=O)c1ccc(OCc2cn3cccc(C)c3n2)cc1. The number of ketones is 1. The van der Waals surface area contributed by atoms with Crippen LogP contribution in [0.2, 0.25) is 0 Å². The summed E-state index contributed by atoms with van der Waals surface area (Å²) in [6, 6.07) is 11.2. The highest BCUT2D eigenvalue weighted by Gasteiger charge is 2.05. The van der Waals surface area contributed by atoms with E-state index in [1.165, 1.54) is 0 Å². The Hall–Kier alpha value is -2.62. The number of Topliss-reactive ketones (excluding diaryl/α,β-unsaturated/α-hetero) is 1. The van der Waals surface area contributed by atoms with Gasteiger partial charge in [0.2, 0.25) is 0 Å². The lowest BCUT2D eigenvalue weighted by molar-refractivity contribution is 0.101. The minimum absolute atomic E-state index is 0.0531. The predicted molar refractivity (Wildman–Crippen MR) is 80.7 cm³/mol. The van der Waals surface area contributed by atoms with Crippen LogP contribution in [0.25, 0.3) is 5.65 Å². The molecule has 0 spiro atoms. The summed E-state index contributed by atoms with van der Waals surface area (Å²) in [7, 11) is 0. The molecule has 0 saturated carbocycles. The van der Waals surface area contributed by atoms with Crippen LogP contribution in [0, 0.1) is 6.92 Å². The van der Waals surface area contributed by atoms with E-state index in [9.17, 15) is 4.79 Å². The fourth-order valence-corrected chi connectivity index (χ4v) is 2.22. The summed E-state index contributed by atoms with van der Waals surface area (Å²) in [5.74, 6) is 0.783. The largest absolute Gasteiger partial charge is 0.487 e. The van der Waals surface area contributed by atoms with Crippen LogP contribution in [-0.4, -0.2) is 15.2 Å².